The normalized spacial score (nSPS) is 18.3. The van der Waals surface area contributed by atoms with Gasteiger partial charge in [-0.3, -0.25) is 4.79 Å². The molecule has 0 spiro atoms. The van der Waals surface area contributed by atoms with E-state index in [-0.39, 0.29) is 17.9 Å². The molecule has 88 valence electrons. The molecule has 1 rings (SSSR count). The Morgan fingerprint density at radius 2 is 1.87 bits per heavy atom. The maximum absolute atomic E-state index is 12.1. The molecule has 3 nitrogen and oxygen atoms in total. The number of carbonyl (C=O) groups is 1. The van der Waals surface area contributed by atoms with Crippen LogP contribution in [0.3, 0.4) is 0 Å². The molecule has 0 bridgehead atoms. The predicted molar refractivity (Wildman–Crippen MR) is 62.4 cm³/mol. The van der Waals surface area contributed by atoms with Crippen molar-refractivity contribution in [2.45, 2.75) is 52.6 Å². The number of nitrogens with two attached hydrogens (primary N) is 1. The molecule has 3 heteroatoms. The Bertz CT molecular complexity index is 222. The third-order valence-electron chi connectivity index (χ3n) is 2.84. The summed E-state index contributed by atoms with van der Waals surface area (Å²) in [6.07, 6.45) is 2.31. The third-order valence-corrected chi connectivity index (χ3v) is 2.84. The van der Waals surface area contributed by atoms with Crippen LogP contribution in [-0.4, -0.2) is 29.4 Å². The third kappa shape index (κ3) is 3.49. The Balaban J connectivity index is 2.58. The standard InChI is InChI=1S/C12H24N2O/c1-8(2)7-14(10-5-6-10)12(15)11(13)9(3)4/h8-11H,5-7,13H2,1-4H3/t11-/m0/s1. The van der Waals surface area contributed by atoms with E-state index in [0.29, 0.717) is 12.0 Å². The van der Waals surface area contributed by atoms with Crippen molar-refractivity contribution in [1.29, 1.82) is 0 Å². The van der Waals surface area contributed by atoms with Gasteiger partial charge in [-0.2, -0.15) is 0 Å². The summed E-state index contributed by atoms with van der Waals surface area (Å²) in [6.45, 7) is 9.14. The first-order valence-corrected chi connectivity index (χ1v) is 5.99. The molecule has 15 heavy (non-hydrogen) atoms. The van der Waals surface area contributed by atoms with Crippen LogP contribution in [0.2, 0.25) is 0 Å². The summed E-state index contributed by atoms with van der Waals surface area (Å²) in [5, 5.41) is 0. The first-order valence-electron chi connectivity index (χ1n) is 5.99. The van der Waals surface area contributed by atoms with Gasteiger partial charge in [-0.1, -0.05) is 27.7 Å². The van der Waals surface area contributed by atoms with E-state index in [4.69, 9.17) is 5.73 Å². The van der Waals surface area contributed by atoms with Gasteiger partial charge in [0.2, 0.25) is 5.91 Å². The molecular weight excluding hydrogens is 188 g/mol. The van der Waals surface area contributed by atoms with E-state index >= 15 is 0 Å². The second-order valence-electron chi connectivity index (χ2n) is 5.39. The Labute approximate surface area is 93.0 Å². The topological polar surface area (TPSA) is 46.3 Å². The van der Waals surface area contributed by atoms with Gasteiger partial charge in [0, 0.05) is 12.6 Å². The Morgan fingerprint density at radius 3 is 2.20 bits per heavy atom. The van der Waals surface area contributed by atoms with Crippen molar-refractivity contribution >= 4 is 5.91 Å². The molecule has 2 N–H and O–H groups in total. The average molecular weight is 212 g/mol. The van der Waals surface area contributed by atoms with Gasteiger partial charge in [0.15, 0.2) is 0 Å². The molecular formula is C12H24N2O. The van der Waals surface area contributed by atoms with Crippen molar-refractivity contribution in [3.05, 3.63) is 0 Å². The molecule has 1 aliphatic rings. The first-order chi connectivity index (χ1) is 6.93. The molecule has 0 aromatic heterocycles. The van der Waals surface area contributed by atoms with Crippen LogP contribution >= 0.6 is 0 Å². The minimum Gasteiger partial charge on any atom is -0.338 e. The van der Waals surface area contributed by atoms with E-state index in [9.17, 15) is 4.79 Å². The average Bonchev–Trinajstić information content (AvgIpc) is 2.94. The van der Waals surface area contributed by atoms with Gasteiger partial charge in [0.1, 0.15) is 0 Å². The van der Waals surface area contributed by atoms with Crippen molar-refractivity contribution in [2.24, 2.45) is 17.6 Å². The van der Waals surface area contributed by atoms with E-state index in [0.717, 1.165) is 19.4 Å². The first kappa shape index (κ1) is 12.5. The van der Waals surface area contributed by atoms with Gasteiger partial charge < -0.3 is 10.6 Å². The summed E-state index contributed by atoms with van der Waals surface area (Å²) in [6, 6.07) is 0.147. The minimum absolute atomic E-state index is 0.140. The second-order valence-corrected chi connectivity index (χ2v) is 5.39. The molecule has 1 fully saturated rings. The van der Waals surface area contributed by atoms with Crippen LogP contribution in [0.1, 0.15) is 40.5 Å². The van der Waals surface area contributed by atoms with E-state index in [1.165, 1.54) is 0 Å². The molecule has 0 aliphatic heterocycles. The van der Waals surface area contributed by atoms with Crippen LogP contribution < -0.4 is 5.73 Å². The fraction of sp³-hybridized carbons (Fsp3) is 0.917. The SMILES string of the molecule is CC(C)CN(C(=O)[C@@H](N)C(C)C)C1CC1. The highest BCUT2D eigenvalue weighted by Gasteiger charge is 2.35. The van der Waals surface area contributed by atoms with Gasteiger partial charge in [0.05, 0.1) is 6.04 Å². The number of nitrogens with zero attached hydrogens (tertiary/aromatic N) is 1. The Morgan fingerprint density at radius 1 is 1.33 bits per heavy atom. The van der Waals surface area contributed by atoms with Crippen molar-refractivity contribution in [2.75, 3.05) is 6.54 Å². The maximum Gasteiger partial charge on any atom is 0.240 e. The van der Waals surface area contributed by atoms with Gasteiger partial charge in [-0.05, 0) is 24.7 Å². The summed E-state index contributed by atoms with van der Waals surface area (Å²) in [4.78, 5) is 14.1. The van der Waals surface area contributed by atoms with E-state index < -0.39 is 0 Å². The van der Waals surface area contributed by atoms with Crippen LogP contribution in [0.4, 0.5) is 0 Å². The lowest BCUT2D eigenvalue weighted by Crippen LogP contribution is -2.48. The van der Waals surface area contributed by atoms with Gasteiger partial charge >= 0.3 is 0 Å². The van der Waals surface area contributed by atoms with Crippen LogP contribution in [0.15, 0.2) is 0 Å². The summed E-state index contributed by atoms with van der Waals surface area (Å²) in [5.41, 5.74) is 5.91. The lowest BCUT2D eigenvalue weighted by Gasteiger charge is -2.28. The molecule has 0 radical (unpaired) electrons. The van der Waals surface area contributed by atoms with Gasteiger partial charge in [-0.25, -0.2) is 0 Å². The van der Waals surface area contributed by atoms with E-state index in [1.54, 1.807) is 0 Å². The summed E-state index contributed by atoms with van der Waals surface area (Å²) in [7, 11) is 0. The number of hydrogen-bond donors (Lipinski definition) is 1. The molecule has 0 unspecified atom stereocenters. The van der Waals surface area contributed by atoms with Gasteiger partial charge in [0.25, 0.3) is 0 Å². The van der Waals surface area contributed by atoms with Crippen molar-refractivity contribution < 1.29 is 4.79 Å². The number of amides is 1. The minimum atomic E-state index is -0.329. The van der Waals surface area contributed by atoms with Gasteiger partial charge in [-0.15, -0.1) is 0 Å². The van der Waals surface area contributed by atoms with E-state index in [1.807, 2.05) is 18.7 Å². The molecule has 0 aromatic rings. The van der Waals surface area contributed by atoms with Crippen LogP contribution in [0.25, 0.3) is 0 Å². The van der Waals surface area contributed by atoms with Crippen molar-refractivity contribution in [3.8, 4) is 0 Å². The van der Waals surface area contributed by atoms with Crippen LogP contribution in [0, 0.1) is 11.8 Å². The number of rotatable bonds is 5. The van der Waals surface area contributed by atoms with Crippen LogP contribution in [-0.2, 0) is 4.79 Å². The molecule has 1 amide bonds. The maximum atomic E-state index is 12.1. The monoisotopic (exact) mass is 212 g/mol. The number of hydrogen-bond acceptors (Lipinski definition) is 2. The molecule has 1 saturated carbocycles. The van der Waals surface area contributed by atoms with Crippen molar-refractivity contribution in [1.82, 2.24) is 4.90 Å². The fourth-order valence-corrected chi connectivity index (χ4v) is 1.68. The molecule has 1 atom stereocenters. The molecule has 1 aliphatic carbocycles. The summed E-state index contributed by atoms with van der Waals surface area (Å²) >= 11 is 0. The highest BCUT2D eigenvalue weighted by Crippen LogP contribution is 2.28. The lowest BCUT2D eigenvalue weighted by atomic mass is 10.0. The lowest BCUT2D eigenvalue weighted by molar-refractivity contribution is -0.134. The summed E-state index contributed by atoms with van der Waals surface area (Å²) in [5.74, 6) is 0.890. The van der Waals surface area contributed by atoms with E-state index in [2.05, 4.69) is 13.8 Å². The zero-order valence-corrected chi connectivity index (χ0v) is 10.4. The summed E-state index contributed by atoms with van der Waals surface area (Å²) < 4.78 is 0. The Kier molecular flexibility index (Phi) is 4.14. The smallest absolute Gasteiger partial charge is 0.240 e. The highest BCUT2D eigenvalue weighted by molar-refractivity contribution is 5.82. The fourth-order valence-electron chi connectivity index (χ4n) is 1.68. The molecule has 0 aromatic carbocycles. The number of carbonyl (C=O) groups excluding carboxylic acids is 1. The second kappa shape index (κ2) is 4.97. The Hall–Kier alpha value is -0.570. The molecule has 0 saturated heterocycles. The predicted octanol–water partition coefficient (Wildman–Crippen LogP) is 1.62. The zero-order valence-electron chi connectivity index (χ0n) is 10.4. The largest absolute Gasteiger partial charge is 0.338 e. The quantitative estimate of drug-likeness (QED) is 0.752. The highest BCUT2D eigenvalue weighted by atomic mass is 16.2. The zero-order chi connectivity index (χ0) is 11.6. The van der Waals surface area contributed by atoms with Crippen molar-refractivity contribution in [3.63, 3.8) is 0 Å². The molecule has 0 heterocycles. The van der Waals surface area contributed by atoms with Crippen LogP contribution in [0.5, 0.6) is 0 Å².